The van der Waals surface area contributed by atoms with Gasteiger partial charge in [0, 0.05) is 16.7 Å². The molecule has 0 aliphatic heterocycles. The van der Waals surface area contributed by atoms with E-state index >= 15 is 0 Å². The van der Waals surface area contributed by atoms with Crippen molar-refractivity contribution in [3.05, 3.63) is 35.0 Å². The third-order valence-corrected chi connectivity index (χ3v) is 6.11. The molecule has 0 spiro atoms. The lowest BCUT2D eigenvalue weighted by molar-refractivity contribution is 0.393. The molecule has 0 amide bonds. The molecular weight excluding hydrogens is 394 g/mol. The van der Waals surface area contributed by atoms with Crippen LogP contribution in [0.2, 0.25) is 0 Å². The van der Waals surface area contributed by atoms with E-state index in [0.29, 0.717) is 22.6 Å². The number of aromatic amines is 1. The van der Waals surface area contributed by atoms with Gasteiger partial charge in [0.1, 0.15) is 11.5 Å². The highest BCUT2D eigenvalue weighted by atomic mass is 32.2. The molecule has 0 aliphatic rings. The molecular formula is C19H21N5O4S. The Morgan fingerprint density at radius 1 is 1.00 bits per heavy atom. The molecule has 4 rings (SSSR count). The molecule has 0 saturated heterocycles. The van der Waals surface area contributed by atoms with E-state index in [2.05, 4.69) is 25.0 Å². The Balaban J connectivity index is 2.01. The smallest absolute Gasteiger partial charge is 0.234 e. The molecule has 0 atom stereocenters. The number of H-pyrrole nitrogens is 1. The molecule has 2 N–H and O–H groups in total. The van der Waals surface area contributed by atoms with Gasteiger partial charge in [0.15, 0.2) is 0 Å². The van der Waals surface area contributed by atoms with Gasteiger partial charge in [-0.3, -0.25) is 4.72 Å². The van der Waals surface area contributed by atoms with E-state index in [9.17, 15) is 8.42 Å². The molecule has 152 valence electrons. The monoisotopic (exact) mass is 415 g/mol. The Hall–Kier alpha value is -3.14. The Morgan fingerprint density at radius 3 is 2.17 bits per heavy atom. The van der Waals surface area contributed by atoms with Crippen molar-refractivity contribution in [2.75, 3.05) is 10.5 Å². The van der Waals surface area contributed by atoms with Gasteiger partial charge >= 0.3 is 0 Å². The summed E-state index contributed by atoms with van der Waals surface area (Å²) in [5.74, 6) is 1.45. The number of benzene rings is 1. The Bertz CT molecular complexity index is 1290. The maximum Gasteiger partial charge on any atom is 0.234 e. The summed E-state index contributed by atoms with van der Waals surface area (Å²) in [5, 5.41) is 8.09. The molecule has 0 fully saturated rings. The fourth-order valence-electron chi connectivity index (χ4n) is 3.48. The van der Waals surface area contributed by atoms with E-state index in [1.165, 1.54) is 0 Å². The minimum Gasteiger partial charge on any atom is -0.361 e. The largest absolute Gasteiger partial charge is 0.361 e. The van der Waals surface area contributed by atoms with Crippen LogP contribution >= 0.6 is 0 Å². The van der Waals surface area contributed by atoms with Crippen LogP contribution in [0.5, 0.6) is 0 Å². The number of imidazole rings is 1. The number of aromatic nitrogens is 4. The van der Waals surface area contributed by atoms with E-state index in [1.54, 1.807) is 6.92 Å². The maximum absolute atomic E-state index is 12.0. The summed E-state index contributed by atoms with van der Waals surface area (Å²) in [7, 11) is -3.47. The molecule has 0 aliphatic carbocycles. The van der Waals surface area contributed by atoms with E-state index in [0.717, 1.165) is 33.6 Å². The Labute approximate surface area is 167 Å². The molecule has 9 nitrogen and oxygen atoms in total. The molecule has 1 aromatic carbocycles. The predicted molar refractivity (Wildman–Crippen MR) is 109 cm³/mol. The second-order valence-electron chi connectivity index (χ2n) is 6.91. The van der Waals surface area contributed by atoms with Crippen LogP contribution in [0.1, 0.15) is 29.8 Å². The van der Waals surface area contributed by atoms with Crippen molar-refractivity contribution in [2.24, 2.45) is 0 Å². The van der Waals surface area contributed by atoms with Crippen LogP contribution < -0.4 is 4.72 Å². The minimum atomic E-state index is -3.47. The zero-order valence-electron chi connectivity index (χ0n) is 16.7. The van der Waals surface area contributed by atoms with Crippen molar-refractivity contribution >= 4 is 27.0 Å². The van der Waals surface area contributed by atoms with Crippen LogP contribution in [-0.4, -0.2) is 34.5 Å². The van der Waals surface area contributed by atoms with Crippen molar-refractivity contribution < 1.29 is 17.5 Å². The van der Waals surface area contributed by atoms with Gasteiger partial charge < -0.3 is 14.0 Å². The van der Waals surface area contributed by atoms with E-state index in [4.69, 9.17) is 9.05 Å². The van der Waals surface area contributed by atoms with Crippen LogP contribution in [0, 0.1) is 27.7 Å². The summed E-state index contributed by atoms with van der Waals surface area (Å²) in [4.78, 5) is 7.56. The number of hydrogen-bond donors (Lipinski definition) is 2. The molecule has 10 heteroatoms. The Kier molecular flexibility index (Phi) is 4.45. The predicted octanol–water partition coefficient (Wildman–Crippen LogP) is 3.87. The number of nitrogens with one attached hydrogen (secondary N) is 2. The quantitative estimate of drug-likeness (QED) is 0.506. The first kappa shape index (κ1) is 19.2. The summed E-state index contributed by atoms with van der Waals surface area (Å²) in [6, 6.07) is 3.88. The molecule has 0 unspecified atom stereocenters. The van der Waals surface area contributed by atoms with E-state index in [1.807, 2.05) is 39.8 Å². The van der Waals surface area contributed by atoms with Crippen molar-refractivity contribution in [1.29, 1.82) is 0 Å². The average Bonchev–Trinajstić information content (AvgIpc) is 3.31. The molecule has 0 saturated carbocycles. The van der Waals surface area contributed by atoms with Gasteiger partial charge in [-0.2, -0.15) is 0 Å². The lowest BCUT2D eigenvalue weighted by Crippen LogP contribution is -2.15. The van der Waals surface area contributed by atoms with Crippen molar-refractivity contribution in [2.45, 2.75) is 34.6 Å². The number of nitrogens with zero attached hydrogens (tertiary/aromatic N) is 3. The molecule has 3 heterocycles. The number of fused-ring (bicyclic) bond motifs is 1. The summed E-state index contributed by atoms with van der Waals surface area (Å²) in [6.45, 7) is 8.97. The number of rotatable bonds is 5. The second-order valence-corrected chi connectivity index (χ2v) is 8.92. The maximum atomic E-state index is 12.0. The molecule has 0 radical (unpaired) electrons. The zero-order valence-corrected chi connectivity index (χ0v) is 17.6. The number of aryl methyl sites for hydroxylation is 4. The highest BCUT2D eigenvalue weighted by Gasteiger charge is 2.21. The lowest BCUT2D eigenvalue weighted by Gasteiger charge is -2.07. The second kappa shape index (κ2) is 6.73. The number of sulfonamides is 1. The van der Waals surface area contributed by atoms with Gasteiger partial charge in [0.05, 0.1) is 28.2 Å². The van der Waals surface area contributed by atoms with Crippen LogP contribution in [0.25, 0.3) is 33.3 Å². The molecule has 4 aromatic rings. The number of hydrogen-bond acceptors (Lipinski definition) is 7. The van der Waals surface area contributed by atoms with Gasteiger partial charge in [-0.15, -0.1) is 0 Å². The SMILES string of the molecule is CCS(=O)(=O)Nc1nc2c(-c3c(C)noc3C)cc(-c3c(C)noc3C)cc2[nH]1. The summed E-state index contributed by atoms with van der Waals surface area (Å²) >= 11 is 0. The Morgan fingerprint density at radius 2 is 1.62 bits per heavy atom. The minimum absolute atomic E-state index is 0.0505. The average molecular weight is 415 g/mol. The van der Waals surface area contributed by atoms with Crippen molar-refractivity contribution in [3.63, 3.8) is 0 Å². The fraction of sp³-hybridized carbons (Fsp3) is 0.316. The molecule has 29 heavy (non-hydrogen) atoms. The number of anilines is 1. The van der Waals surface area contributed by atoms with Crippen LogP contribution in [0.15, 0.2) is 21.2 Å². The van der Waals surface area contributed by atoms with Gasteiger partial charge in [-0.25, -0.2) is 13.4 Å². The van der Waals surface area contributed by atoms with E-state index in [-0.39, 0.29) is 11.7 Å². The van der Waals surface area contributed by atoms with Crippen molar-refractivity contribution in [1.82, 2.24) is 20.3 Å². The van der Waals surface area contributed by atoms with Gasteiger partial charge in [0.2, 0.25) is 16.0 Å². The lowest BCUT2D eigenvalue weighted by atomic mass is 9.96. The third-order valence-electron chi connectivity index (χ3n) is 4.84. The van der Waals surface area contributed by atoms with Gasteiger partial charge in [0.25, 0.3) is 0 Å². The van der Waals surface area contributed by atoms with Gasteiger partial charge in [-0.1, -0.05) is 10.3 Å². The van der Waals surface area contributed by atoms with Crippen LogP contribution in [0.3, 0.4) is 0 Å². The van der Waals surface area contributed by atoms with E-state index < -0.39 is 10.0 Å². The first-order valence-corrected chi connectivity index (χ1v) is 10.8. The summed E-state index contributed by atoms with van der Waals surface area (Å²) < 4.78 is 37.1. The highest BCUT2D eigenvalue weighted by molar-refractivity contribution is 7.92. The highest BCUT2D eigenvalue weighted by Crippen LogP contribution is 2.38. The molecule has 0 bridgehead atoms. The first-order chi connectivity index (χ1) is 13.7. The zero-order chi connectivity index (χ0) is 20.9. The van der Waals surface area contributed by atoms with Crippen molar-refractivity contribution in [3.8, 4) is 22.3 Å². The fourth-order valence-corrected chi connectivity index (χ4v) is 4.02. The standard InChI is InChI=1S/C19H21N5O4S/c1-6-29(25,26)24-19-20-15-8-13(16-9(2)22-27-11(16)4)7-14(18(15)21-19)17-10(3)23-28-12(17)5/h7-8H,6H2,1-5H3,(H2,20,21,24). The summed E-state index contributed by atoms with van der Waals surface area (Å²) in [6.07, 6.45) is 0. The topological polar surface area (TPSA) is 127 Å². The van der Waals surface area contributed by atoms with Gasteiger partial charge in [-0.05, 0) is 52.3 Å². The molecule has 3 aromatic heterocycles. The third kappa shape index (κ3) is 3.29. The first-order valence-electron chi connectivity index (χ1n) is 9.11. The van der Waals surface area contributed by atoms with Crippen LogP contribution in [0.4, 0.5) is 5.95 Å². The van der Waals surface area contributed by atoms with Crippen LogP contribution in [-0.2, 0) is 10.0 Å². The summed E-state index contributed by atoms with van der Waals surface area (Å²) in [5.41, 5.74) is 6.13. The normalized spacial score (nSPS) is 12.0.